The summed E-state index contributed by atoms with van der Waals surface area (Å²) in [5.74, 6) is 0. The number of rotatable bonds is 6. The highest BCUT2D eigenvalue weighted by molar-refractivity contribution is 6.14. The Labute approximate surface area is 340 Å². The molecule has 12 aromatic rings. The van der Waals surface area contributed by atoms with Crippen LogP contribution in [-0.4, -0.2) is 14.0 Å². The summed E-state index contributed by atoms with van der Waals surface area (Å²) in [7, 11) is 0. The van der Waals surface area contributed by atoms with Crippen molar-refractivity contribution < 1.29 is 4.42 Å². The molecule has 0 saturated heterocycles. The van der Waals surface area contributed by atoms with Crippen LogP contribution in [0.3, 0.4) is 0 Å². The van der Waals surface area contributed by atoms with Crippen LogP contribution in [0, 0.1) is 0 Å². The van der Waals surface area contributed by atoms with Gasteiger partial charge in [0, 0.05) is 44.6 Å². The maximum atomic E-state index is 6.49. The van der Waals surface area contributed by atoms with Crippen molar-refractivity contribution in [2.75, 3.05) is 0 Å². The Balaban J connectivity index is 0.928. The third-order valence-corrected chi connectivity index (χ3v) is 11.8. The molecule has 0 aliphatic heterocycles. The summed E-state index contributed by atoms with van der Waals surface area (Å²) in [6.07, 6.45) is 2.09. The first-order valence-electron chi connectivity index (χ1n) is 20.0. The van der Waals surface area contributed by atoms with Gasteiger partial charge >= 0.3 is 0 Å². The molecular formula is C55H35N3O. The number of furan rings is 1. The van der Waals surface area contributed by atoms with E-state index in [2.05, 4.69) is 215 Å². The molecule has 4 heteroatoms. The summed E-state index contributed by atoms with van der Waals surface area (Å²) in [6.45, 7) is 0. The zero-order valence-electron chi connectivity index (χ0n) is 32.0. The van der Waals surface area contributed by atoms with Crippen LogP contribution >= 0.6 is 0 Å². The summed E-state index contributed by atoms with van der Waals surface area (Å²) in [4.78, 5) is 5.09. The number of aromatic nitrogens is 3. The lowest BCUT2D eigenvalue weighted by molar-refractivity contribution is 0.669. The van der Waals surface area contributed by atoms with E-state index < -0.39 is 0 Å². The van der Waals surface area contributed by atoms with Crippen LogP contribution in [0.5, 0.6) is 0 Å². The van der Waals surface area contributed by atoms with Crippen LogP contribution in [0.25, 0.3) is 111 Å². The van der Waals surface area contributed by atoms with E-state index in [4.69, 9.17) is 9.40 Å². The fourth-order valence-corrected chi connectivity index (χ4v) is 9.01. The van der Waals surface area contributed by atoms with E-state index in [0.717, 1.165) is 78.0 Å². The first-order chi connectivity index (χ1) is 29.2. The van der Waals surface area contributed by atoms with Gasteiger partial charge in [-0.2, -0.15) is 0 Å². The Kier molecular flexibility index (Phi) is 7.50. The quantitative estimate of drug-likeness (QED) is 0.169. The maximum absolute atomic E-state index is 6.49. The lowest BCUT2D eigenvalue weighted by Crippen LogP contribution is -1.92. The van der Waals surface area contributed by atoms with Crippen molar-refractivity contribution in [3.63, 3.8) is 0 Å². The van der Waals surface area contributed by atoms with Crippen molar-refractivity contribution in [3.05, 3.63) is 212 Å². The minimum absolute atomic E-state index is 0.876. The summed E-state index contributed by atoms with van der Waals surface area (Å²) in [5, 5.41) is 4.71. The molecule has 4 nitrogen and oxygen atoms in total. The lowest BCUT2D eigenvalue weighted by atomic mass is 9.95. The van der Waals surface area contributed by atoms with Gasteiger partial charge in [0.2, 0.25) is 0 Å². The van der Waals surface area contributed by atoms with E-state index in [0.29, 0.717) is 0 Å². The van der Waals surface area contributed by atoms with Crippen molar-refractivity contribution in [1.82, 2.24) is 14.0 Å². The second kappa shape index (κ2) is 13.3. The number of benzene rings is 8. The van der Waals surface area contributed by atoms with Gasteiger partial charge in [-0.25, -0.2) is 4.98 Å². The minimum Gasteiger partial charge on any atom is -0.456 e. The highest BCUT2D eigenvalue weighted by Crippen LogP contribution is 2.41. The monoisotopic (exact) mass is 753 g/mol. The number of para-hydroxylation sites is 2. The molecule has 0 saturated carbocycles. The van der Waals surface area contributed by atoms with Gasteiger partial charge in [0.25, 0.3) is 0 Å². The minimum atomic E-state index is 0.876. The zero-order valence-corrected chi connectivity index (χ0v) is 32.0. The fourth-order valence-electron chi connectivity index (χ4n) is 9.01. The van der Waals surface area contributed by atoms with E-state index in [-0.39, 0.29) is 0 Å². The molecule has 4 heterocycles. The lowest BCUT2D eigenvalue weighted by Gasteiger charge is -2.09. The third-order valence-electron chi connectivity index (χ3n) is 11.8. The van der Waals surface area contributed by atoms with E-state index >= 15 is 0 Å². The Morgan fingerprint density at radius 1 is 0.390 bits per heavy atom. The summed E-state index contributed by atoms with van der Waals surface area (Å²) in [5.41, 5.74) is 17.5. The van der Waals surface area contributed by atoms with Gasteiger partial charge in [-0.05, 0) is 100 Å². The van der Waals surface area contributed by atoms with E-state index in [9.17, 15) is 0 Å². The predicted molar refractivity (Wildman–Crippen MR) is 244 cm³/mol. The molecule has 0 unspecified atom stereocenters. The van der Waals surface area contributed by atoms with Crippen molar-refractivity contribution in [1.29, 1.82) is 0 Å². The molecule has 4 aromatic heterocycles. The topological polar surface area (TPSA) is 35.4 Å². The van der Waals surface area contributed by atoms with Crippen molar-refractivity contribution in [3.8, 4) is 61.6 Å². The number of hydrogen-bond acceptors (Lipinski definition) is 2. The van der Waals surface area contributed by atoms with Gasteiger partial charge in [0.1, 0.15) is 16.8 Å². The predicted octanol–water partition coefficient (Wildman–Crippen LogP) is 14.7. The highest BCUT2D eigenvalue weighted by Gasteiger charge is 2.18. The largest absolute Gasteiger partial charge is 0.456 e. The Hall–Kier alpha value is -7.95. The summed E-state index contributed by atoms with van der Waals surface area (Å²) in [6, 6.07) is 73.5. The van der Waals surface area contributed by atoms with Gasteiger partial charge in [0.05, 0.1) is 22.4 Å². The van der Waals surface area contributed by atoms with E-state index in [1.165, 1.54) is 32.9 Å². The Morgan fingerprint density at radius 2 is 1.02 bits per heavy atom. The van der Waals surface area contributed by atoms with Crippen LogP contribution in [0.2, 0.25) is 0 Å². The number of nitrogens with zero attached hydrogens (tertiary/aromatic N) is 3. The SMILES string of the molecule is c1ccc(-c2c(-c3ccc(-c4cccc5oc6ccc(-c7cccc(-c8ccc9c(c8)c8ccccc8n9-c8ccccc8)c7)cc6c45)cc3)nc3ccccn23)cc1. The molecule has 0 spiro atoms. The first kappa shape index (κ1) is 33.2. The first-order valence-corrected chi connectivity index (χ1v) is 20.0. The molecule has 8 aromatic carbocycles. The molecule has 0 fully saturated rings. The van der Waals surface area contributed by atoms with E-state index in [1.54, 1.807) is 0 Å². The average molecular weight is 754 g/mol. The molecule has 0 aliphatic carbocycles. The smallest absolute Gasteiger partial charge is 0.137 e. The van der Waals surface area contributed by atoms with Gasteiger partial charge in [-0.1, -0.05) is 140 Å². The van der Waals surface area contributed by atoms with Gasteiger partial charge in [0.15, 0.2) is 0 Å². The van der Waals surface area contributed by atoms with Crippen molar-refractivity contribution in [2.24, 2.45) is 0 Å². The molecular weight excluding hydrogens is 719 g/mol. The normalized spacial score (nSPS) is 11.7. The average Bonchev–Trinajstić information content (AvgIpc) is 3.99. The van der Waals surface area contributed by atoms with Gasteiger partial charge < -0.3 is 8.98 Å². The fraction of sp³-hybridized carbons (Fsp3) is 0. The Bertz CT molecular complexity index is 3540. The van der Waals surface area contributed by atoms with Crippen LogP contribution < -0.4 is 0 Å². The second-order valence-corrected chi connectivity index (χ2v) is 15.2. The molecule has 0 radical (unpaired) electrons. The molecule has 0 bridgehead atoms. The molecule has 0 N–H and O–H groups in total. The van der Waals surface area contributed by atoms with Crippen LogP contribution in [0.15, 0.2) is 217 Å². The standard InChI is InChI=1S/C55H35N3O/c1-3-13-38(14-4-1)55-54(56-52-23-9-10-32-57(52)55)37-26-24-36(25-27-37)44-20-12-22-51-53(44)47-35-42(29-31-50(47)59-51)40-16-11-15-39(33-40)41-28-30-49-46(34-41)45-19-7-8-21-48(45)58(49)43-17-5-2-6-18-43/h1-35H. The Morgan fingerprint density at radius 3 is 1.85 bits per heavy atom. The maximum Gasteiger partial charge on any atom is 0.137 e. The number of hydrogen-bond donors (Lipinski definition) is 0. The molecule has 12 rings (SSSR count). The molecule has 59 heavy (non-hydrogen) atoms. The van der Waals surface area contributed by atoms with E-state index in [1.807, 2.05) is 6.07 Å². The van der Waals surface area contributed by atoms with Gasteiger partial charge in [-0.3, -0.25) is 4.40 Å². The van der Waals surface area contributed by atoms with Crippen LogP contribution in [0.1, 0.15) is 0 Å². The number of imidazole rings is 1. The van der Waals surface area contributed by atoms with Crippen LogP contribution in [-0.2, 0) is 0 Å². The van der Waals surface area contributed by atoms with Crippen molar-refractivity contribution >= 4 is 49.4 Å². The molecule has 276 valence electrons. The molecule has 0 aliphatic rings. The zero-order chi connectivity index (χ0) is 38.9. The third kappa shape index (κ3) is 5.42. The highest BCUT2D eigenvalue weighted by atomic mass is 16.3. The number of pyridine rings is 1. The summed E-state index contributed by atoms with van der Waals surface area (Å²) < 4.78 is 11.0. The second-order valence-electron chi connectivity index (χ2n) is 15.2. The van der Waals surface area contributed by atoms with Gasteiger partial charge in [-0.15, -0.1) is 0 Å². The molecule has 0 atom stereocenters. The van der Waals surface area contributed by atoms with Crippen molar-refractivity contribution in [2.45, 2.75) is 0 Å². The summed E-state index contributed by atoms with van der Waals surface area (Å²) >= 11 is 0. The molecule has 0 amide bonds. The van der Waals surface area contributed by atoms with Crippen LogP contribution in [0.4, 0.5) is 0 Å². The number of fused-ring (bicyclic) bond motifs is 7.